The van der Waals surface area contributed by atoms with Gasteiger partial charge in [-0.25, -0.2) is 0 Å². The van der Waals surface area contributed by atoms with Gasteiger partial charge in [-0.15, -0.1) is 0 Å². The third-order valence-electron chi connectivity index (χ3n) is 2.11. The molecule has 0 radical (unpaired) electrons. The highest BCUT2D eigenvalue weighted by Gasteiger charge is 2.05. The lowest BCUT2D eigenvalue weighted by Crippen LogP contribution is -1.92. The smallest absolute Gasteiger partial charge is 0.150 e. The predicted molar refractivity (Wildman–Crippen MR) is 62.1 cm³/mol. The molecule has 0 aliphatic rings. The summed E-state index contributed by atoms with van der Waals surface area (Å²) in [5, 5.41) is 0. The van der Waals surface area contributed by atoms with E-state index in [1.54, 1.807) is 24.3 Å². The number of hydrogen-bond donors (Lipinski definition) is 0. The molecule has 1 nitrogen and oxygen atoms in total. The molecule has 0 unspecified atom stereocenters. The first-order valence-electron chi connectivity index (χ1n) is 4.28. The van der Waals surface area contributed by atoms with E-state index < -0.39 is 0 Å². The fourth-order valence-corrected chi connectivity index (χ4v) is 1.41. The maximum absolute atomic E-state index is 10.7. The second kappa shape index (κ2) is 4.38. The van der Waals surface area contributed by atoms with Gasteiger partial charge in [-0.2, -0.15) is 0 Å². The summed E-state index contributed by atoms with van der Waals surface area (Å²) in [6.45, 7) is 11.1. The molecule has 0 heterocycles. The molecule has 0 amide bonds. The van der Waals surface area contributed by atoms with Gasteiger partial charge in [0.1, 0.15) is 0 Å². The standard InChI is InChI=1S/C13H12O/c1-4-10-7-8-11(9-14)13(6-3)12(10)5-2/h4-9H,1-3H2. The first-order chi connectivity index (χ1) is 6.78. The Morgan fingerprint density at radius 2 is 1.36 bits per heavy atom. The van der Waals surface area contributed by atoms with Crippen LogP contribution in [0.3, 0.4) is 0 Å². The fraction of sp³-hybridized carbons (Fsp3) is 0. The summed E-state index contributed by atoms with van der Waals surface area (Å²) in [7, 11) is 0. The topological polar surface area (TPSA) is 17.1 Å². The van der Waals surface area contributed by atoms with Crippen LogP contribution in [0, 0.1) is 0 Å². The molecular weight excluding hydrogens is 172 g/mol. The first kappa shape index (κ1) is 10.2. The van der Waals surface area contributed by atoms with Crippen LogP contribution < -0.4 is 0 Å². The summed E-state index contributed by atoms with van der Waals surface area (Å²) in [5.74, 6) is 0. The minimum atomic E-state index is 0.625. The molecule has 1 aromatic rings. The average Bonchev–Trinajstić information content (AvgIpc) is 2.26. The zero-order valence-electron chi connectivity index (χ0n) is 7.99. The van der Waals surface area contributed by atoms with Crippen LogP contribution in [0.15, 0.2) is 31.9 Å². The van der Waals surface area contributed by atoms with Crippen molar-refractivity contribution in [2.75, 3.05) is 0 Å². The molecule has 1 aromatic carbocycles. The minimum absolute atomic E-state index is 0.625. The highest BCUT2D eigenvalue weighted by atomic mass is 16.1. The molecule has 0 saturated carbocycles. The number of carbonyl (C=O) groups is 1. The van der Waals surface area contributed by atoms with Crippen LogP contribution in [0.2, 0.25) is 0 Å². The second-order valence-corrected chi connectivity index (χ2v) is 2.80. The molecular formula is C13H12O. The van der Waals surface area contributed by atoms with Gasteiger partial charge < -0.3 is 0 Å². The van der Waals surface area contributed by atoms with Crippen molar-refractivity contribution < 1.29 is 4.79 Å². The Labute approximate surface area is 84.1 Å². The first-order valence-corrected chi connectivity index (χ1v) is 4.28. The summed E-state index contributed by atoms with van der Waals surface area (Å²) in [6, 6.07) is 3.61. The summed E-state index contributed by atoms with van der Waals surface area (Å²) in [6.07, 6.45) is 5.92. The van der Waals surface area contributed by atoms with Crippen LogP contribution in [0.4, 0.5) is 0 Å². The number of aldehydes is 1. The Kier molecular flexibility index (Phi) is 3.19. The number of carbonyl (C=O) groups excluding carboxylic acids is 1. The largest absolute Gasteiger partial charge is 0.298 e. The van der Waals surface area contributed by atoms with Crippen molar-refractivity contribution >= 4 is 24.5 Å². The molecule has 0 saturated heterocycles. The zero-order valence-corrected chi connectivity index (χ0v) is 7.99. The lowest BCUT2D eigenvalue weighted by Gasteiger charge is -2.07. The molecule has 0 aliphatic heterocycles. The summed E-state index contributed by atoms with van der Waals surface area (Å²) < 4.78 is 0. The van der Waals surface area contributed by atoms with Gasteiger partial charge in [0.05, 0.1) is 0 Å². The van der Waals surface area contributed by atoms with Crippen molar-refractivity contribution in [1.29, 1.82) is 0 Å². The predicted octanol–water partition coefficient (Wildman–Crippen LogP) is 3.43. The van der Waals surface area contributed by atoms with E-state index in [-0.39, 0.29) is 0 Å². The van der Waals surface area contributed by atoms with Gasteiger partial charge in [0.2, 0.25) is 0 Å². The van der Waals surface area contributed by atoms with E-state index in [0.717, 1.165) is 23.0 Å². The Hall–Kier alpha value is -1.89. The molecule has 70 valence electrons. The van der Waals surface area contributed by atoms with Crippen molar-refractivity contribution in [3.8, 4) is 0 Å². The van der Waals surface area contributed by atoms with Crippen molar-refractivity contribution in [2.24, 2.45) is 0 Å². The molecule has 0 atom stereocenters. The highest BCUT2D eigenvalue weighted by Crippen LogP contribution is 2.21. The SMILES string of the molecule is C=Cc1ccc(C=O)c(C=C)c1C=C. The number of benzene rings is 1. The maximum atomic E-state index is 10.7. The van der Waals surface area contributed by atoms with E-state index >= 15 is 0 Å². The summed E-state index contributed by atoms with van der Waals surface area (Å²) in [5.41, 5.74) is 3.30. The van der Waals surface area contributed by atoms with Gasteiger partial charge in [0.15, 0.2) is 6.29 Å². The molecule has 0 bridgehead atoms. The number of hydrogen-bond acceptors (Lipinski definition) is 1. The molecule has 0 aliphatic carbocycles. The lowest BCUT2D eigenvalue weighted by atomic mass is 9.96. The van der Waals surface area contributed by atoms with E-state index in [4.69, 9.17) is 0 Å². The Morgan fingerprint density at radius 3 is 1.79 bits per heavy atom. The van der Waals surface area contributed by atoms with E-state index in [1.807, 2.05) is 6.07 Å². The Morgan fingerprint density at radius 1 is 0.857 bits per heavy atom. The normalized spacial score (nSPS) is 9.14. The van der Waals surface area contributed by atoms with Crippen molar-refractivity contribution in [3.63, 3.8) is 0 Å². The van der Waals surface area contributed by atoms with Crippen LogP contribution >= 0.6 is 0 Å². The summed E-state index contributed by atoms with van der Waals surface area (Å²) >= 11 is 0. The van der Waals surface area contributed by atoms with Gasteiger partial charge in [-0.05, 0) is 16.7 Å². The molecule has 0 fully saturated rings. The monoisotopic (exact) mass is 184 g/mol. The third-order valence-corrected chi connectivity index (χ3v) is 2.11. The van der Waals surface area contributed by atoms with Crippen LogP contribution in [0.1, 0.15) is 27.0 Å². The average molecular weight is 184 g/mol. The molecule has 14 heavy (non-hydrogen) atoms. The van der Waals surface area contributed by atoms with E-state index in [2.05, 4.69) is 19.7 Å². The highest BCUT2D eigenvalue weighted by molar-refractivity contribution is 5.87. The molecule has 1 heteroatoms. The van der Waals surface area contributed by atoms with Gasteiger partial charge in [0, 0.05) is 5.56 Å². The molecule has 0 spiro atoms. The third kappa shape index (κ3) is 1.57. The Bertz CT molecular complexity index is 361. The van der Waals surface area contributed by atoms with Gasteiger partial charge in [-0.3, -0.25) is 4.79 Å². The maximum Gasteiger partial charge on any atom is 0.150 e. The zero-order chi connectivity index (χ0) is 10.6. The fourth-order valence-electron chi connectivity index (χ4n) is 1.41. The molecule has 1 rings (SSSR count). The van der Waals surface area contributed by atoms with Crippen LogP contribution in [-0.4, -0.2) is 6.29 Å². The van der Waals surface area contributed by atoms with Gasteiger partial charge >= 0.3 is 0 Å². The van der Waals surface area contributed by atoms with Crippen LogP contribution in [0.5, 0.6) is 0 Å². The molecule has 0 N–H and O–H groups in total. The molecule has 0 aromatic heterocycles. The van der Waals surface area contributed by atoms with E-state index in [0.29, 0.717) is 5.56 Å². The van der Waals surface area contributed by atoms with Gasteiger partial charge in [-0.1, -0.05) is 50.1 Å². The number of rotatable bonds is 4. The summed E-state index contributed by atoms with van der Waals surface area (Å²) in [4.78, 5) is 10.7. The van der Waals surface area contributed by atoms with E-state index in [1.165, 1.54) is 0 Å². The van der Waals surface area contributed by atoms with Crippen LogP contribution in [0.25, 0.3) is 18.2 Å². The lowest BCUT2D eigenvalue weighted by molar-refractivity contribution is 0.112. The van der Waals surface area contributed by atoms with Crippen molar-refractivity contribution in [2.45, 2.75) is 0 Å². The Balaban J connectivity index is 3.58. The minimum Gasteiger partial charge on any atom is -0.298 e. The quantitative estimate of drug-likeness (QED) is 0.655. The second-order valence-electron chi connectivity index (χ2n) is 2.80. The van der Waals surface area contributed by atoms with Gasteiger partial charge in [0.25, 0.3) is 0 Å². The van der Waals surface area contributed by atoms with E-state index in [9.17, 15) is 4.79 Å². The van der Waals surface area contributed by atoms with Crippen molar-refractivity contribution in [3.05, 3.63) is 54.1 Å². The van der Waals surface area contributed by atoms with Crippen LogP contribution in [-0.2, 0) is 0 Å². The van der Waals surface area contributed by atoms with Crippen molar-refractivity contribution in [1.82, 2.24) is 0 Å².